The number of aromatic nitrogens is 1. The highest BCUT2D eigenvalue weighted by Gasteiger charge is 2.24. The van der Waals surface area contributed by atoms with E-state index in [4.69, 9.17) is 9.84 Å². The molecule has 1 saturated carbocycles. The van der Waals surface area contributed by atoms with Crippen LogP contribution in [-0.4, -0.2) is 54.9 Å². The Morgan fingerprint density at radius 2 is 1.62 bits per heavy atom. The predicted molar refractivity (Wildman–Crippen MR) is 161 cm³/mol. The van der Waals surface area contributed by atoms with Gasteiger partial charge in [0.15, 0.2) is 0 Å². The molecule has 0 spiro atoms. The van der Waals surface area contributed by atoms with E-state index in [-0.39, 0.29) is 18.8 Å². The highest BCUT2D eigenvalue weighted by molar-refractivity contribution is 5.71. The SMILES string of the molecule is Cc1cc(C)c(CN(CCC2CCC(N(C)C)CC2)c2cc(-c3ccc(OCCO)cc3)ccc2C)c(=O)[nH]1. The molecule has 0 aliphatic heterocycles. The zero-order valence-electron chi connectivity index (χ0n) is 24.3. The topological polar surface area (TPSA) is 68.8 Å². The van der Waals surface area contributed by atoms with Gasteiger partial charge in [-0.2, -0.15) is 0 Å². The molecule has 1 heterocycles. The number of H-pyrrole nitrogens is 1. The lowest BCUT2D eigenvalue weighted by atomic mass is 9.83. The van der Waals surface area contributed by atoms with Crippen molar-refractivity contribution >= 4 is 5.69 Å². The monoisotopic (exact) mass is 531 g/mol. The van der Waals surface area contributed by atoms with Gasteiger partial charge in [-0.1, -0.05) is 24.3 Å². The molecule has 1 aliphatic carbocycles. The van der Waals surface area contributed by atoms with Crippen LogP contribution in [0.15, 0.2) is 53.3 Å². The van der Waals surface area contributed by atoms with Gasteiger partial charge >= 0.3 is 0 Å². The van der Waals surface area contributed by atoms with E-state index in [9.17, 15) is 4.79 Å². The summed E-state index contributed by atoms with van der Waals surface area (Å²) in [7, 11) is 4.39. The number of nitrogens with one attached hydrogen (secondary N) is 1. The third-order valence-corrected chi connectivity index (χ3v) is 8.29. The van der Waals surface area contributed by atoms with Crippen molar-refractivity contribution in [1.82, 2.24) is 9.88 Å². The Balaban J connectivity index is 1.60. The lowest BCUT2D eigenvalue weighted by Gasteiger charge is -2.34. The maximum Gasteiger partial charge on any atom is 0.253 e. The summed E-state index contributed by atoms with van der Waals surface area (Å²) in [6.45, 7) is 7.94. The number of benzene rings is 2. The van der Waals surface area contributed by atoms with Gasteiger partial charge in [0.25, 0.3) is 5.56 Å². The first-order valence-corrected chi connectivity index (χ1v) is 14.3. The van der Waals surface area contributed by atoms with Crippen LogP contribution in [0.2, 0.25) is 0 Å². The normalized spacial score (nSPS) is 17.4. The number of aryl methyl sites for hydroxylation is 3. The Labute approximate surface area is 233 Å². The number of aromatic amines is 1. The number of anilines is 1. The largest absolute Gasteiger partial charge is 0.491 e. The van der Waals surface area contributed by atoms with Crippen molar-refractivity contribution in [3.63, 3.8) is 0 Å². The number of nitrogens with zero attached hydrogens (tertiary/aromatic N) is 2. The van der Waals surface area contributed by atoms with Crippen molar-refractivity contribution in [2.24, 2.45) is 5.92 Å². The minimum Gasteiger partial charge on any atom is -0.491 e. The molecule has 0 amide bonds. The van der Waals surface area contributed by atoms with Crippen molar-refractivity contribution in [2.45, 2.75) is 65.5 Å². The summed E-state index contributed by atoms with van der Waals surface area (Å²) in [5.41, 5.74) is 7.42. The highest BCUT2D eigenvalue weighted by Crippen LogP contribution is 2.33. The molecule has 0 radical (unpaired) electrons. The molecule has 210 valence electrons. The number of aliphatic hydroxyl groups is 1. The van der Waals surface area contributed by atoms with Gasteiger partial charge in [0.2, 0.25) is 0 Å². The van der Waals surface area contributed by atoms with E-state index in [1.54, 1.807) is 0 Å². The molecule has 2 N–H and O–H groups in total. The summed E-state index contributed by atoms with van der Waals surface area (Å²) in [6.07, 6.45) is 6.19. The first-order chi connectivity index (χ1) is 18.7. The Kier molecular flexibility index (Phi) is 9.87. The van der Waals surface area contributed by atoms with Crippen LogP contribution in [-0.2, 0) is 6.54 Å². The fourth-order valence-electron chi connectivity index (χ4n) is 5.88. The predicted octanol–water partition coefficient (Wildman–Crippen LogP) is 5.86. The maximum absolute atomic E-state index is 13.0. The van der Waals surface area contributed by atoms with Crippen LogP contribution in [0.4, 0.5) is 5.69 Å². The van der Waals surface area contributed by atoms with Crippen molar-refractivity contribution in [3.8, 4) is 16.9 Å². The molecule has 0 bridgehead atoms. The molecule has 0 atom stereocenters. The van der Waals surface area contributed by atoms with Gasteiger partial charge in [-0.15, -0.1) is 0 Å². The third-order valence-electron chi connectivity index (χ3n) is 8.29. The van der Waals surface area contributed by atoms with Crippen LogP contribution in [0.1, 0.15) is 54.5 Å². The molecular weight excluding hydrogens is 486 g/mol. The number of pyridine rings is 1. The van der Waals surface area contributed by atoms with Gasteiger partial charge in [-0.25, -0.2) is 0 Å². The van der Waals surface area contributed by atoms with E-state index in [2.05, 4.69) is 72.2 Å². The number of hydrogen-bond acceptors (Lipinski definition) is 5. The van der Waals surface area contributed by atoms with Crippen molar-refractivity contribution in [3.05, 3.63) is 81.3 Å². The summed E-state index contributed by atoms with van der Waals surface area (Å²) in [5.74, 6) is 1.47. The van der Waals surface area contributed by atoms with E-state index in [1.165, 1.54) is 36.9 Å². The van der Waals surface area contributed by atoms with Gasteiger partial charge in [0.05, 0.1) is 6.61 Å². The summed E-state index contributed by atoms with van der Waals surface area (Å²) < 4.78 is 5.54. The molecular formula is C33H45N3O3. The average Bonchev–Trinajstić information content (AvgIpc) is 2.92. The lowest BCUT2D eigenvalue weighted by Crippen LogP contribution is -2.34. The van der Waals surface area contributed by atoms with E-state index in [0.29, 0.717) is 12.6 Å². The summed E-state index contributed by atoms with van der Waals surface area (Å²) in [5, 5.41) is 9.03. The van der Waals surface area contributed by atoms with Crippen LogP contribution >= 0.6 is 0 Å². The lowest BCUT2D eigenvalue weighted by molar-refractivity contribution is 0.189. The second kappa shape index (κ2) is 13.3. The fourth-order valence-corrected chi connectivity index (χ4v) is 5.88. The zero-order chi connectivity index (χ0) is 27.9. The summed E-state index contributed by atoms with van der Waals surface area (Å²) in [6, 6.07) is 17.4. The molecule has 3 aromatic rings. The van der Waals surface area contributed by atoms with Crippen molar-refractivity contribution in [1.29, 1.82) is 0 Å². The van der Waals surface area contributed by atoms with E-state index in [0.717, 1.165) is 52.6 Å². The molecule has 0 saturated heterocycles. The van der Waals surface area contributed by atoms with Gasteiger partial charge in [0, 0.05) is 36.1 Å². The minimum absolute atomic E-state index is 0.000704. The minimum atomic E-state index is -0.000704. The number of rotatable bonds is 11. The van der Waals surface area contributed by atoms with Crippen molar-refractivity contribution in [2.75, 3.05) is 38.8 Å². The Morgan fingerprint density at radius 3 is 2.26 bits per heavy atom. The van der Waals surface area contributed by atoms with Gasteiger partial charge in [-0.05, 0) is 119 Å². The molecule has 2 aromatic carbocycles. The van der Waals surface area contributed by atoms with Crippen molar-refractivity contribution < 1.29 is 9.84 Å². The molecule has 1 aromatic heterocycles. The standard InChI is InChI=1S/C33H45N3O3/c1-23-6-9-28(27-10-14-30(15-11-27)39-19-18-37)21-32(23)36(22-31-24(2)20-25(3)34-33(31)38)17-16-26-7-12-29(13-8-26)35(4)5/h6,9-11,14-15,20-21,26,29,37H,7-8,12-13,16-19,22H2,1-5H3,(H,34,38). The second-order valence-corrected chi connectivity index (χ2v) is 11.4. The molecule has 1 fully saturated rings. The molecule has 0 unspecified atom stereocenters. The van der Waals surface area contributed by atoms with E-state index in [1.807, 2.05) is 26.0 Å². The van der Waals surface area contributed by atoms with Gasteiger partial charge in [-0.3, -0.25) is 4.79 Å². The Hall–Kier alpha value is -3.09. The number of ether oxygens (including phenoxy) is 1. The summed E-state index contributed by atoms with van der Waals surface area (Å²) in [4.78, 5) is 20.8. The molecule has 4 rings (SSSR count). The van der Waals surface area contributed by atoms with Crippen LogP contribution in [0.25, 0.3) is 11.1 Å². The van der Waals surface area contributed by atoms with Gasteiger partial charge < -0.3 is 24.6 Å². The number of hydrogen-bond donors (Lipinski definition) is 2. The fraction of sp³-hybridized carbons (Fsp3) is 0.485. The van der Waals surface area contributed by atoms with E-state index < -0.39 is 0 Å². The average molecular weight is 532 g/mol. The van der Waals surface area contributed by atoms with Crippen LogP contribution in [0.5, 0.6) is 5.75 Å². The zero-order valence-corrected chi connectivity index (χ0v) is 24.3. The molecule has 6 heteroatoms. The van der Waals surface area contributed by atoms with Gasteiger partial charge in [0.1, 0.15) is 12.4 Å². The first-order valence-electron chi connectivity index (χ1n) is 14.3. The van der Waals surface area contributed by atoms with E-state index >= 15 is 0 Å². The molecule has 1 aliphatic rings. The summed E-state index contributed by atoms with van der Waals surface area (Å²) >= 11 is 0. The number of aliphatic hydroxyl groups excluding tert-OH is 1. The molecule has 6 nitrogen and oxygen atoms in total. The van der Waals surface area contributed by atoms with Crippen LogP contribution in [0.3, 0.4) is 0 Å². The first kappa shape index (κ1) is 28.9. The molecule has 39 heavy (non-hydrogen) atoms. The quantitative estimate of drug-likeness (QED) is 0.325. The van der Waals surface area contributed by atoms with Crippen LogP contribution in [0, 0.1) is 26.7 Å². The second-order valence-electron chi connectivity index (χ2n) is 11.4. The highest BCUT2D eigenvalue weighted by atomic mass is 16.5. The van der Waals surface area contributed by atoms with Crippen LogP contribution < -0.4 is 15.2 Å². The maximum atomic E-state index is 13.0. The third kappa shape index (κ3) is 7.52. The smallest absolute Gasteiger partial charge is 0.253 e. The Morgan fingerprint density at radius 1 is 0.923 bits per heavy atom. The Bertz CT molecular complexity index is 1270.